The molecule has 1 aliphatic rings. The van der Waals surface area contributed by atoms with E-state index >= 15 is 0 Å². The monoisotopic (exact) mass is 460 g/mol. The summed E-state index contributed by atoms with van der Waals surface area (Å²) in [6.07, 6.45) is 22.2. The Labute approximate surface area is 212 Å². The molecule has 0 bridgehead atoms. The highest BCUT2D eigenvalue weighted by atomic mass is 14.3. The molecule has 2 aromatic carbocycles. The van der Waals surface area contributed by atoms with Gasteiger partial charge in [0.15, 0.2) is 0 Å². The van der Waals surface area contributed by atoms with Crippen molar-refractivity contribution in [2.75, 3.05) is 0 Å². The van der Waals surface area contributed by atoms with Crippen molar-refractivity contribution in [3.63, 3.8) is 0 Å². The molecule has 34 heavy (non-hydrogen) atoms. The minimum Gasteiger partial charge on any atom is -0.0654 e. The normalized spacial score (nSPS) is 19.3. The Bertz CT molecular complexity index is 761. The molecule has 0 N–H and O–H groups in total. The van der Waals surface area contributed by atoms with Crippen LogP contribution in [0.4, 0.5) is 0 Å². The van der Waals surface area contributed by atoms with Gasteiger partial charge < -0.3 is 0 Å². The van der Waals surface area contributed by atoms with Crippen LogP contribution in [-0.2, 0) is 6.42 Å². The molecule has 0 aromatic heterocycles. The van der Waals surface area contributed by atoms with Crippen LogP contribution in [0.1, 0.15) is 134 Å². The Morgan fingerprint density at radius 3 is 1.85 bits per heavy atom. The van der Waals surface area contributed by atoms with E-state index in [2.05, 4.69) is 69.3 Å². The van der Waals surface area contributed by atoms with Crippen LogP contribution < -0.4 is 0 Å². The van der Waals surface area contributed by atoms with Gasteiger partial charge >= 0.3 is 0 Å². The van der Waals surface area contributed by atoms with E-state index in [0.29, 0.717) is 0 Å². The highest BCUT2D eigenvalue weighted by Gasteiger charge is 2.24. The van der Waals surface area contributed by atoms with Crippen molar-refractivity contribution >= 4 is 0 Å². The third-order valence-corrected chi connectivity index (χ3v) is 8.55. The minimum absolute atomic E-state index is 0.778. The van der Waals surface area contributed by atoms with Crippen LogP contribution in [0.3, 0.4) is 0 Å². The van der Waals surface area contributed by atoms with Gasteiger partial charge in [0.1, 0.15) is 0 Å². The maximum Gasteiger partial charge on any atom is -0.0162 e. The molecular formula is C34H52. The predicted octanol–water partition coefficient (Wildman–Crippen LogP) is 11.1. The summed E-state index contributed by atoms with van der Waals surface area (Å²) >= 11 is 0. The predicted molar refractivity (Wildman–Crippen MR) is 152 cm³/mol. The van der Waals surface area contributed by atoms with Crippen LogP contribution in [0.5, 0.6) is 0 Å². The summed E-state index contributed by atoms with van der Waals surface area (Å²) in [5.74, 6) is 2.73. The minimum atomic E-state index is 0.778. The lowest BCUT2D eigenvalue weighted by Crippen LogP contribution is -2.16. The number of aryl methyl sites for hydroxylation is 1. The lowest BCUT2D eigenvalue weighted by atomic mass is 9.74. The maximum atomic E-state index is 2.42. The summed E-state index contributed by atoms with van der Waals surface area (Å²) in [6.45, 7) is 7.02. The molecule has 0 radical (unpaired) electrons. The van der Waals surface area contributed by atoms with Crippen LogP contribution in [0.25, 0.3) is 11.1 Å². The average Bonchev–Trinajstić information content (AvgIpc) is 2.89. The van der Waals surface area contributed by atoms with Gasteiger partial charge in [-0.15, -0.1) is 0 Å². The number of unbranched alkanes of at least 4 members (excludes halogenated alkanes) is 6. The topological polar surface area (TPSA) is 0 Å². The fourth-order valence-corrected chi connectivity index (χ4v) is 6.11. The molecule has 3 rings (SSSR count). The van der Waals surface area contributed by atoms with Crippen molar-refractivity contribution in [3.05, 3.63) is 59.7 Å². The summed E-state index contributed by atoms with van der Waals surface area (Å²) in [6, 6.07) is 18.9. The van der Waals surface area contributed by atoms with Gasteiger partial charge in [-0.05, 0) is 85.0 Å². The summed E-state index contributed by atoms with van der Waals surface area (Å²) in [4.78, 5) is 0. The highest BCUT2D eigenvalue weighted by Crippen LogP contribution is 2.39. The second-order valence-electron chi connectivity index (χ2n) is 11.2. The molecule has 0 nitrogen and oxygen atoms in total. The third-order valence-electron chi connectivity index (χ3n) is 8.55. The first-order valence-corrected chi connectivity index (χ1v) is 14.9. The number of hydrogen-bond acceptors (Lipinski definition) is 0. The number of rotatable bonds is 15. The SMILES string of the molecule is CCCCCCCCc1ccc(-c2ccc(C3CCC(CC(CC)CCCC)CC3)cc2)cc1. The molecule has 0 heterocycles. The zero-order valence-electron chi connectivity index (χ0n) is 22.7. The van der Waals surface area contributed by atoms with Crippen LogP contribution >= 0.6 is 0 Å². The van der Waals surface area contributed by atoms with Crippen LogP contribution in [0, 0.1) is 11.8 Å². The molecule has 1 unspecified atom stereocenters. The second-order valence-corrected chi connectivity index (χ2v) is 11.2. The Morgan fingerprint density at radius 2 is 1.24 bits per heavy atom. The molecule has 0 amide bonds. The van der Waals surface area contributed by atoms with Gasteiger partial charge in [-0.2, -0.15) is 0 Å². The maximum absolute atomic E-state index is 2.42. The fourth-order valence-electron chi connectivity index (χ4n) is 6.11. The lowest BCUT2D eigenvalue weighted by Gasteiger charge is -2.31. The van der Waals surface area contributed by atoms with E-state index in [1.54, 1.807) is 5.56 Å². The summed E-state index contributed by atoms with van der Waals surface area (Å²) in [5.41, 5.74) is 5.79. The van der Waals surface area contributed by atoms with Crippen LogP contribution in [-0.4, -0.2) is 0 Å². The van der Waals surface area contributed by atoms with Crippen molar-refractivity contribution < 1.29 is 0 Å². The van der Waals surface area contributed by atoms with Gasteiger partial charge in [0.05, 0.1) is 0 Å². The van der Waals surface area contributed by atoms with Crippen molar-refractivity contribution in [1.82, 2.24) is 0 Å². The standard InChI is InChI=1S/C34H52/c1-4-7-9-10-11-12-14-29-15-19-31(20-16-29)33-23-25-34(26-24-33)32-21-17-30(18-22-32)27-28(6-3)13-8-5-2/h15-16,19-20,23-26,28,30,32H,4-14,17-18,21-22,27H2,1-3H3. The number of benzene rings is 2. The highest BCUT2D eigenvalue weighted by molar-refractivity contribution is 5.64. The van der Waals surface area contributed by atoms with E-state index in [9.17, 15) is 0 Å². The van der Waals surface area contributed by atoms with Crippen molar-refractivity contribution in [2.45, 2.75) is 129 Å². The van der Waals surface area contributed by atoms with Crippen molar-refractivity contribution in [3.8, 4) is 11.1 Å². The van der Waals surface area contributed by atoms with E-state index in [0.717, 1.165) is 17.8 Å². The van der Waals surface area contributed by atoms with Gasteiger partial charge in [-0.3, -0.25) is 0 Å². The van der Waals surface area contributed by atoms with Gasteiger partial charge in [-0.25, -0.2) is 0 Å². The molecule has 0 saturated heterocycles. The van der Waals surface area contributed by atoms with E-state index in [4.69, 9.17) is 0 Å². The van der Waals surface area contributed by atoms with Gasteiger partial charge in [0, 0.05) is 0 Å². The first kappa shape index (κ1) is 27.0. The van der Waals surface area contributed by atoms with E-state index in [1.807, 2.05) is 0 Å². The Kier molecular flexibility index (Phi) is 12.3. The quantitative estimate of drug-likeness (QED) is 0.232. The largest absolute Gasteiger partial charge is 0.0654 e. The van der Waals surface area contributed by atoms with Crippen molar-refractivity contribution in [2.24, 2.45) is 11.8 Å². The zero-order valence-corrected chi connectivity index (χ0v) is 22.7. The Balaban J connectivity index is 1.43. The lowest BCUT2D eigenvalue weighted by molar-refractivity contribution is 0.256. The fraction of sp³-hybridized carbons (Fsp3) is 0.647. The Hall–Kier alpha value is -1.56. The molecular weight excluding hydrogens is 408 g/mol. The average molecular weight is 461 g/mol. The molecule has 1 fully saturated rings. The van der Waals surface area contributed by atoms with Gasteiger partial charge in [-0.1, -0.05) is 127 Å². The van der Waals surface area contributed by atoms with Gasteiger partial charge in [0.2, 0.25) is 0 Å². The van der Waals surface area contributed by atoms with Crippen LogP contribution in [0.15, 0.2) is 48.5 Å². The summed E-state index contributed by atoms with van der Waals surface area (Å²) in [7, 11) is 0. The molecule has 0 aliphatic heterocycles. The molecule has 188 valence electrons. The molecule has 1 atom stereocenters. The Morgan fingerprint density at radius 1 is 0.647 bits per heavy atom. The molecule has 2 aromatic rings. The molecule has 1 saturated carbocycles. The summed E-state index contributed by atoms with van der Waals surface area (Å²) < 4.78 is 0. The molecule has 0 spiro atoms. The third kappa shape index (κ3) is 8.90. The van der Waals surface area contributed by atoms with Gasteiger partial charge in [0.25, 0.3) is 0 Å². The number of hydrogen-bond donors (Lipinski definition) is 0. The van der Waals surface area contributed by atoms with E-state index in [-0.39, 0.29) is 0 Å². The van der Waals surface area contributed by atoms with Crippen molar-refractivity contribution in [1.29, 1.82) is 0 Å². The second kappa shape index (κ2) is 15.4. The molecule has 0 heteroatoms. The van der Waals surface area contributed by atoms with Crippen LogP contribution in [0.2, 0.25) is 0 Å². The first-order valence-electron chi connectivity index (χ1n) is 14.9. The smallest absolute Gasteiger partial charge is 0.0162 e. The first-order chi connectivity index (χ1) is 16.7. The van der Waals surface area contributed by atoms with E-state index in [1.165, 1.54) is 119 Å². The summed E-state index contributed by atoms with van der Waals surface area (Å²) in [5, 5.41) is 0. The van der Waals surface area contributed by atoms with E-state index < -0.39 is 0 Å². The molecule has 1 aliphatic carbocycles. The zero-order chi connectivity index (χ0) is 24.0.